The number of sulfone groups is 1. The molecule has 3 aromatic rings. The highest BCUT2D eigenvalue weighted by molar-refractivity contribution is 7.90. The Labute approximate surface area is 172 Å². The fourth-order valence-electron chi connectivity index (χ4n) is 2.84. The number of ether oxygens (including phenoxy) is 1. The van der Waals surface area contributed by atoms with E-state index in [9.17, 15) is 21.6 Å². The summed E-state index contributed by atoms with van der Waals surface area (Å²) in [5.74, 6) is -0.499. The first kappa shape index (κ1) is 21.9. The first-order chi connectivity index (χ1) is 14.1. The molecule has 0 saturated carbocycles. The largest absolute Gasteiger partial charge is 0.494 e. The lowest BCUT2D eigenvalue weighted by molar-refractivity contribution is -0.144. The summed E-state index contributed by atoms with van der Waals surface area (Å²) in [5, 5.41) is 0. The normalized spacial score (nSPS) is 12.2. The Balaban J connectivity index is 2.01. The molecule has 0 aliphatic carbocycles. The van der Waals surface area contributed by atoms with Crippen LogP contribution in [0.5, 0.6) is 5.75 Å². The summed E-state index contributed by atoms with van der Waals surface area (Å²) in [4.78, 5) is 6.18. The van der Waals surface area contributed by atoms with Crippen LogP contribution in [0.4, 0.5) is 13.2 Å². The van der Waals surface area contributed by atoms with E-state index in [1.165, 1.54) is 24.3 Å². The lowest BCUT2D eigenvalue weighted by atomic mass is 10.1. The molecule has 1 heterocycles. The van der Waals surface area contributed by atoms with E-state index in [2.05, 4.69) is 9.97 Å². The molecule has 0 unspecified atom stereocenters. The number of nitrogens with one attached hydrogen (secondary N) is 1. The molecule has 0 saturated heterocycles. The standard InChI is InChI=1S/C21H21F3N2O3S/c1-3-4-13-29-16-9-5-14(6-10-16)18-19(26-20(25-18)21(22,23)24)15-7-11-17(12-8-15)30(2,27)28/h5-12H,3-4,13H2,1-2H3,(H,25,26). The number of imidazole rings is 1. The molecule has 0 radical (unpaired) electrons. The van der Waals surface area contributed by atoms with Crippen LogP contribution >= 0.6 is 0 Å². The average molecular weight is 438 g/mol. The van der Waals surface area contributed by atoms with E-state index in [0.29, 0.717) is 23.5 Å². The van der Waals surface area contributed by atoms with Gasteiger partial charge in [-0.05, 0) is 42.8 Å². The Hall–Kier alpha value is -2.81. The summed E-state index contributed by atoms with van der Waals surface area (Å²) in [7, 11) is -3.42. The SMILES string of the molecule is CCCCOc1ccc(-c2nc(C(F)(F)F)[nH]c2-c2ccc(S(C)(=O)=O)cc2)cc1. The number of alkyl halides is 3. The van der Waals surface area contributed by atoms with Gasteiger partial charge in [-0.25, -0.2) is 13.4 Å². The Kier molecular flexibility index (Phi) is 6.21. The Bertz CT molecular complexity index is 1100. The molecule has 3 rings (SSSR count). The smallest absolute Gasteiger partial charge is 0.449 e. The van der Waals surface area contributed by atoms with Gasteiger partial charge in [0.2, 0.25) is 5.82 Å². The minimum absolute atomic E-state index is 0.0805. The van der Waals surface area contributed by atoms with Gasteiger partial charge in [-0.3, -0.25) is 0 Å². The van der Waals surface area contributed by atoms with Crippen molar-refractivity contribution in [3.05, 3.63) is 54.4 Å². The van der Waals surface area contributed by atoms with E-state index in [4.69, 9.17) is 4.74 Å². The third-order valence-corrected chi connectivity index (χ3v) is 5.57. The maximum absolute atomic E-state index is 13.3. The number of H-pyrrole nitrogens is 1. The number of unbranched alkanes of at least 4 members (excludes halogenated alkanes) is 1. The predicted molar refractivity (Wildman–Crippen MR) is 108 cm³/mol. The van der Waals surface area contributed by atoms with Gasteiger partial charge in [-0.15, -0.1) is 0 Å². The Morgan fingerprint density at radius 1 is 1.00 bits per heavy atom. The van der Waals surface area contributed by atoms with Gasteiger partial charge in [-0.2, -0.15) is 13.2 Å². The topological polar surface area (TPSA) is 72.0 Å². The summed E-state index contributed by atoms with van der Waals surface area (Å²) < 4.78 is 68.7. The van der Waals surface area contributed by atoms with Gasteiger partial charge < -0.3 is 9.72 Å². The number of rotatable bonds is 7. The van der Waals surface area contributed by atoms with Crippen LogP contribution in [0.25, 0.3) is 22.5 Å². The zero-order valence-electron chi connectivity index (χ0n) is 16.5. The van der Waals surface area contributed by atoms with Gasteiger partial charge in [0, 0.05) is 17.4 Å². The number of aromatic amines is 1. The van der Waals surface area contributed by atoms with Crippen LogP contribution in [0.2, 0.25) is 0 Å². The highest BCUT2D eigenvalue weighted by Gasteiger charge is 2.36. The molecule has 30 heavy (non-hydrogen) atoms. The lowest BCUT2D eigenvalue weighted by Gasteiger charge is -2.07. The van der Waals surface area contributed by atoms with Crippen molar-refractivity contribution in [2.45, 2.75) is 30.8 Å². The van der Waals surface area contributed by atoms with Crippen LogP contribution in [0, 0.1) is 0 Å². The van der Waals surface area contributed by atoms with E-state index in [0.717, 1.165) is 19.1 Å². The highest BCUT2D eigenvalue weighted by Crippen LogP contribution is 2.36. The fourth-order valence-corrected chi connectivity index (χ4v) is 3.47. The van der Waals surface area contributed by atoms with Crippen molar-refractivity contribution in [1.29, 1.82) is 0 Å². The third kappa shape index (κ3) is 5.02. The number of hydrogen-bond donors (Lipinski definition) is 1. The molecule has 0 aliphatic rings. The van der Waals surface area contributed by atoms with Crippen LogP contribution in [-0.4, -0.2) is 31.2 Å². The summed E-state index contributed by atoms with van der Waals surface area (Å²) in [6, 6.07) is 12.3. The zero-order chi connectivity index (χ0) is 21.9. The number of nitrogens with zero attached hydrogens (tertiary/aromatic N) is 1. The van der Waals surface area contributed by atoms with E-state index >= 15 is 0 Å². The first-order valence-corrected chi connectivity index (χ1v) is 11.2. The first-order valence-electron chi connectivity index (χ1n) is 9.30. The molecule has 0 amide bonds. The van der Waals surface area contributed by atoms with Crippen molar-refractivity contribution in [1.82, 2.24) is 9.97 Å². The molecular formula is C21H21F3N2O3S. The lowest BCUT2D eigenvalue weighted by Crippen LogP contribution is -2.07. The van der Waals surface area contributed by atoms with E-state index < -0.39 is 21.8 Å². The van der Waals surface area contributed by atoms with E-state index in [1.807, 2.05) is 6.92 Å². The van der Waals surface area contributed by atoms with Crippen molar-refractivity contribution < 1.29 is 26.3 Å². The molecule has 1 N–H and O–H groups in total. The monoisotopic (exact) mass is 438 g/mol. The van der Waals surface area contributed by atoms with Gasteiger partial charge >= 0.3 is 6.18 Å². The van der Waals surface area contributed by atoms with Crippen molar-refractivity contribution in [3.8, 4) is 28.3 Å². The molecule has 0 bridgehead atoms. The highest BCUT2D eigenvalue weighted by atomic mass is 32.2. The van der Waals surface area contributed by atoms with Gasteiger partial charge in [0.05, 0.1) is 22.9 Å². The van der Waals surface area contributed by atoms with Crippen LogP contribution in [-0.2, 0) is 16.0 Å². The molecule has 0 atom stereocenters. The zero-order valence-corrected chi connectivity index (χ0v) is 17.3. The molecule has 1 aromatic heterocycles. The van der Waals surface area contributed by atoms with E-state index in [1.54, 1.807) is 24.3 Å². The quantitative estimate of drug-likeness (QED) is 0.505. The predicted octanol–water partition coefficient (Wildman–Crippen LogP) is 5.34. The van der Waals surface area contributed by atoms with Gasteiger partial charge in [-0.1, -0.05) is 25.5 Å². The number of halogens is 3. The van der Waals surface area contributed by atoms with Crippen molar-refractivity contribution in [3.63, 3.8) is 0 Å². The van der Waals surface area contributed by atoms with Gasteiger partial charge in [0.15, 0.2) is 9.84 Å². The molecular weight excluding hydrogens is 417 g/mol. The number of hydrogen-bond acceptors (Lipinski definition) is 4. The van der Waals surface area contributed by atoms with E-state index in [-0.39, 0.29) is 16.3 Å². The Morgan fingerprint density at radius 3 is 2.13 bits per heavy atom. The summed E-state index contributed by atoms with van der Waals surface area (Å²) in [6.45, 7) is 2.61. The maximum atomic E-state index is 13.3. The van der Waals surface area contributed by atoms with Crippen LogP contribution in [0.1, 0.15) is 25.6 Å². The molecule has 5 nitrogen and oxygen atoms in total. The Morgan fingerprint density at radius 2 is 1.60 bits per heavy atom. The summed E-state index contributed by atoms with van der Waals surface area (Å²) in [6.07, 6.45) is -1.69. The van der Waals surface area contributed by atoms with Crippen LogP contribution in [0.15, 0.2) is 53.4 Å². The maximum Gasteiger partial charge on any atom is 0.449 e. The van der Waals surface area contributed by atoms with Crippen LogP contribution < -0.4 is 4.74 Å². The van der Waals surface area contributed by atoms with Crippen LogP contribution in [0.3, 0.4) is 0 Å². The molecule has 2 aromatic carbocycles. The number of aromatic nitrogens is 2. The van der Waals surface area contributed by atoms with Crippen molar-refractivity contribution >= 4 is 9.84 Å². The van der Waals surface area contributed by atoms with Gasteiger partial charge in [0.1, 0.15) is 5.75 Å². The third-order valence-electron chi connectivity index (χ3n) is 4.44. The minimum Gasteiger partial charge on any atom is -0.494 e. The summed E-state index contributed by atoms with van der Waals surface area (Å²) >= 11 is 0. The average Bonchev–Trinajstić information content (AvgIpc) is 3.14. The molecule has 0 aliphatic heterocycles. The second kappa shape index (κ2) is 8.51. The minimum atomic E-state index is -4.65. The van der Waals surface area contributed by atoms with Crippen molar-refractivity contribution in [2.75, 3.05) is 12.9 Å². The fraction of sp³-hybridized carbons (Fsp3) is 0.286. The molecule has 9 heteroatoms. The molecule has 0 fully saturated rings. The molecule has 0 spiro atoms. The summed E-state index contributed by atoms with van der Waals surface area (Å²) in [5.41, 5.74) is 1.15. The second-order valence-corrected chi connectivity index (χ2v) is 8.85. The molecule has 160 valence electrons. The number of benzene rings is 2. The van der Waals surface area contributed by atoms with Crippen molar-refractivity contribution in [2.24, 2.45) is 0 Å². The second-order valence-electron chi connectivity index (χ2n) is 6.83. The van der Waals surface area contributed by atoms with Gasteiger partial charge in [0.25, 0.3) is 0 Å².